The van der Waals surface area contributed by atoms with Crippen molar-refractivity contribution in [2.24, 2.45) is 0 Å². The molecule has 9 heteroatoms. The summed E-state index contributed by atoms with van der Waals surface area (Å²) in [5.41, 5.74) is 1.95. The third-order valence-corrected chi connectivity index (χ3v) is 5.56. The molecule has 0 saturated carbocycles. The smallest absolute Gasteiger partial charge is 0.416 e. The van der Waals surface area contributed by atoms with Crippen molar-refractivity contribution in [2.75, 3.05) is 18.7 Å². The molecule has 1 atom stereocenters. The number of alkyl halides is 3. The number of carbonyl (C=O) groups is 1. The molecular formula is C23H18F3N3O3. The Morgan fingerprint density at radius 1 is 1.06 bits per heavy atom. The number of nitrogens with zero attached hydrogens (tertiary/aromatic N) is 2. The third-order valence-electron chi connectivity index (χ3n) is 5.56. The van der Waals surface area contributed by atoms with E-state index in [0.717, 1.165) is 17.7 Å². The Morgan fingerprint density at radius 3 is 2.62 bits per heavy atom. The standard InChI is InChI=1S/C23H18F3N3O3/c24-23(25,26)16-5-3-15(4-6-16)21-20-14(2-1-10-27-20)9-11-29(21)22(30)28-17-7-8-18-19(12-17)32-13-31-18/h1-8,10,12,21H,9,11,13H2,(H,28,30). The van der Waals surface area contributed by atoms with Crippen molar-refractivity contribution in [3.63, 3.8) is 0 Å². The molecule has 0 saturated heterocycles. The highest BCUT2D eigenvalue weighted by Crippen LogP contribution is 2.37. The van der Waals surface area contributed by atoms with Gasteiger partial charge in [0, 0.05) is 24.5 Å². The quantitative estimate of drug-likeness (QED) is 0.607. The molecular weight excluding hydrogens is 423 g/mol. The van der Waals surface area contributed by atoms with Gasteiger partial charge in [-0.25, -0.2) is 4.79 Å². The highest BCUT2D eigenvalue weighted by Gasteiger charge is 2.35. The van der Waals surface area contributed by atoms with Crippen LogP contribution in [0.4, 0.5) is 23.7 Å². The Bertz CT molecular complexity index is 1170. The lowest BCUT2D eigenvalue weighted by Crippen LogP contribution is -2.43. The number of anilines is 1. The normalized spacial score (nSPS) is 17.1. The van der Waals surface area contributed by atoms with Gasteiger partial charge in [-0.15, -0.1) is 0 Å². The fourth-order valence-corrected chi connectivity index (χ4v) is 4.01. The van der Waals surface area contributed by atoms with Gasteiger partial charge in [0.1, 0.15) is 6.04 Å². The number of aromatic nitrogens is 1. The monoisotopic (exact) mass is 441 g/mol. The van der Waals surface area contributed by atoms with E-state index < -0.39 is 17.8 Å². The van der Waals surface area contributed by atoms with Gasteiger partial charge in [0.15, 0.2) is 11.5 Å². The van der Waals surface area contributed by atoms with Gasteiger partial charge in [0.05, 0.1) is 11.3 Å². The fourth-order valence-electron chi connectivity index (χ4n) is 4.01. The second-order valence-electron chi connectivity index (χ2n) is 7.51. The molecule has 0 fully saturated rings. The third kappa shape index (κ3) is 3.70. The van der Waals surface area contributed by atoms with Gasteiger partial charge in [-0.1, -0.05) is 18.2 Å². The van der Waals surface area contributed by atoms with Crippen LogP contribution in [0.15, 0.2) is 60.8 Å². The van der Waals surface area contributed by atoms with Crippen LogP contribution >= 0.6 is 0 Å². The Labute approximate surface area is 181 Å². The first kappa shape index (κ1) is 20.2. The highest BCUT2D eigenvalue weighted by molar-refractivity contribution is 5.90. The molecule has 0 bridgehead atoms. The first-order valence-electron chi connectivity index (χ1n) is 9.98. The number of hydrogen-bond donors (Lipinski definition) is 1. The molecule has 1 unspecified atom stereocenters. The Balaban J connectivity index is 1.47. The molecule has 2 amide bonds. The minimum atomic E-state index is -4.43. The molecule has 5 rings (SSSR count). The number of ether oxygens (including phenoxy) is 2. The molecule has 0 spiro atoms. The summed E-state index contributed by atoms with van der Waals surface area (Å²) in [7, 11) is 0. The van der Waals surface area contributed by atoms with Crippen molar-refractivity contribution < 1.29 is 27.4 Å². The van der Waals surface area contributed by atoms with E-state index in [4.69, 9.17) is 9.47 Å². The van der Waals surface area contributed by atoms with Gasteiger partial charge in [0.2, 0.25) is 6.79 Å². The topological polar surface area (TPSA) is 63.7 Å². The molecule has 3 aromatic rings. The van der Waals surface area contributed by atoms with Crippen LogP contribution in [-0.4, -0.2) is 29.3 Å². The minimum absolute atomic E-state index is 0.122. The van der Waals surface area contributed by atoms with Crippen LogP contribution in [0.1, 0.15) is 28.4 Å². The zero-order chi connectivity index (χ0) is 22.3. The summed E-state index contributed by atoms with van der Waals surface area (Å²) in [4.78, 5) is 19.3. The van der Waals surface area contributed by atoms with Gasteiger partial charge >= 0.3 is 12.2 Å². The van der Waals surface area contributed by atoms with E-state index >= 15 is 0 Å². The summed E-state index contributed by atoms with van der Waals surface area (Å²) in [6.07, 6.45) is -2.22. The lowest BCUT2D eigenvalue weighted by Gasteiger charge is -2.36. The van der Waals surface area contributed by atoms with Gasteiger partial charge in [0.25, 0.3) is 0 Å². The van der Waals surface area contributed by atoms with Gasteiger partial charge in [-0.2, -0.15) is 13.2 Å². The van der Waals surface area contributed by atoms with Crippen LogP contribution in [-0.2, 0) is 12.6 Å². The van der Waals surface area contributed by atoms with Crippen molar-refractivity contribution in [3.8, 4) is 11.5 Å². The van der Waals surface area contributed by atoms with Crippen LogP contribution in [0.3, 0.4) is 0 Å². The Kier molecular flexibility index (Phi) is 4.88. The van der Waals surface area contributed by atoms with Gasteiger partial charge in [-0.05, 0) is 47.9 Å². The summed E-state index contributed by atoms with van der Waals surface area (Å²) >= 11 is 0. The van der Waals surface area contributed by atoms with Crippen molar-refractivity contribution in [2.45, 2.75) is 18.6 Å². The molecule has 0 aliphatic carbocycles. The zero-order valence-corrected chi connectivity index (χ0v) is 16.7. The first-order valence-corrected chi connectivity index (χ1v) is 9.98. The number of pyridine rings is 1. The lowest BCUT2D eigenvalue weighted by atomic mass is 9.92. The Morgan fingerprint density at radius 2 is 1.84 bits per heavy atom. The summed E-state index contributed by atoms with van der Waals surface area (Å²) < 4.78 is 49.8. The predicted molar refractivity (Wildman–Crippen MR) is 110 cm³/mol. The van der Waals surface area contributed by atoms with Gasteiger partial charge in [-0.3, -0.25) is 4.98 Å². The molecule has 32 heavy (non-hydrogen) atoms. The van der Waals surface area contributed by atoms with E-state index in [-0.39, 0.29) is 12.8 Å². The second-order valence-corrected chi connectivity index (χ2v) is 7.51. The maximum atomic E-state index is 13.2. The maximum Gasteiger partial charge on any atom is 0.416 e. The summed E-state index contributed by atoms with van der Waals surface area (Å²) in [6, 6.07) is 12.7. The summed E-state index contributed by atoms with van der Waals surface area (Å²) in [5.74, 6) is 1.13. The summed E-state index contributed by atoms with van der Waals surface area (Å²) in [5, 5.41) is 2.85. The zero-order valence-electron chi connectivity index (χ0n) is 16.7. The van der Waals surface area contributed by atoms with Crippen molar-refractivity contribution >= 4 is 11.7 Å². The van der Waals surface area contributed by atoms with Crippen LogP contribution in [0.25, 0.3) is 0 Å². The van der Waals surface area contributed by atoms with E-state index in [1.54, 1.807) is 29.3 Å². The molecule has 2 aliphatic heterocycles. The van der Waals surface area contributed by atoms with Crippen LogP contribution in [0.5, 0.6) is 11.5 Å². The number of benzene rings is 2. The number of amides is 2. The molecule has 0 radical (unpaired) electrons. The number of hydrogen-bond acceptors (Lipinski definition) is 4. The average molecular weight is 441 g/mol. The van der Waals surface area contributed by atoms with E-state index in [9.17, 15) is 18.0 Å². The SMILES string of the molecule is O=C(Nc1ccc2c(c1)OCO2)N1CCc2cccnc2C1c1ccc(C(F)(F)F)cc1. The molecule has 3 heterocycles. The molecule has 6 nitrogen and oxygen atoms in total. The fraction of sp³-hybridized carbons (Fsp3) is 0.217. The Hall–Kier alpha value is -3.75. The van der Waals surface area contributed by atoms with Crippen molar-refractivity contribution in [1.82, 2.24) is 9.88 Å². The molecule has 1 N–H and O–H groups in total. The van der Waals surface area contributed by atoms with E-state index in [0.29, 0.717) is 41.4 Å². The van der Waals surface area contributed by atoms with Crippen LogP contribution in [0.2, 0.25) is 0 Å². The van der Waals surface area contributed by atoms with Crippen LogP contribution in [0, 0.1) is 0 Å². The van der Waals surface area contributed by atoms with E-state index in [1.165, 1.54) is 12.1 Å². The van der Waals surface area contributed by atoms with E-state index in [2.05, 4.69) is 10.3 Å². The average Bonchev–Trinajstić information content (AvgIpc) is 3.25. The molecule has 164 valence electrons. The number of carbonyl (C=O) groups excluding carboxylic acids is 1. The van der Waals surface area contributed by atoms with Crippen molar-refractivity contribution in [1.29, 1.82) is 0 Å². The number of fused-ring (bicyclic) bond motifs is 2. The molecule has 2 aromatic carbocycles. The van der Waals surface area contributed by atoms with Gasteiger partial charge < -0.3 is 19.7 Å². The van der Waals surface area contributed by atoms with Crippen LogP contribution < -0.4 is 14.8 Å². The number of rotatable bonds is 2. The number of nitrogens with one attached hydrogen (secondary N) is 1. The molecule has 2 aliphatic rings. The minimum Gasteiger partial charge on any atom is -0.454 e. The molecule has 1 aromatic heterocycles. The highest BCUT2D eigenvalue weighted by atomic mass is 19.4. The number of halogens is 3. The van der Waals surface area contributed by atoms with E-state index in [1.807, 2.05) is 12.1 Å². The van der Waals surface area contributed by atoms with Crippen molar-refractivity contribution in [3.05, 3.63) is 83.2 Å². The second kappa shape index (κ2) is 7.74. The maximum absolute atomic E-state index is 13.2. The predicted octanol–water partition coefficient (Wildman–Crippen LogP) is 5.01. The largest absolute Gasteiger partial charge is 0.454 e. The number of urea groups is 1. The summed E-state index contributed by atoms with van der Waals surface area (Å²) in [6.45, 7) is 0.512. The first-order chi connectivity index (χ1) is 15.4. The lowest BCUT2D eigenvalue weighted by molar-refractivity contribution is -0.137.